The van der Waals surface area contributed by atoms with E-state index in [0.717, 1.165) is 57.1 Å². The second kappa shape index (κ2) is 6.12. The normalized spacial score (nSPS) is 22.7. The number of nitrogens with zero attached hydrogens (tertiary/aromatic N) is 1. The Bertz CT molecular complexity index is 457. The van der Waals surface area contributed by atoms with Crippen LogP contribution in [0.15, 0.2) is 18.2 Å². The largest absolute Gasteiger partial charge is 0.493 e. The zero-order valence-corrected chi connectivity index (χ0v) is 12.0. The molecular formula is C16H23NO3. The number of benzene rings is 1. The van der Waals surface area contributed by atoms with E-state index in [1.165, 1.54) is 5.56 Å². The van der Waals surface area contributed by atoms with Crippen molar-refractivity contribution in [1.82, 2.24) is 4.90 Å². The van der Waals surface area contributed by atoms with Gasteiger partial charge < -0.3 is 14.6 Å². The quantitative estimate of drug-likeness (QED) is 0.914. The average molecular weight is 277 g/mol. The topological polar surface area (TPSA) is 41.9 Å². The van der Waals surface area contributed by atoms with Gasteiger partial charge in [-0.15, -0.1) is 0 Å². The van der Waals surface area contributed by atoms with Crippen LogP contribution < -0.4 is 4.74 Å². The lowest BCUT2D eigenvalue weighted by Gasteiger charge is -2.35. The molecule has 20 heavy (non-hydrogen) atoms. The van der Waals surface area contributed by atoms with E-state index in [1.54, 1.807) is 0 Å². The van der Waals surface area contributed by atoms with Crippen LogP contribution in [0.25, 0.3) is 0 Å². The lowest BCUT2D eigenvalue weighted by Crippen LogP contribution is -2.44. The highest BCUT2D eigenvalue weighted by Gasteiger charge is 2.25. The monoisotopic (exact) mass is 277 g/mol. The van der Waals surface area contributed by atoms with E-state index in [1.807, 2.05) is 12.1 Å². The number of fused-ring (bicyclic) bond motifs is 1. The molecule has 0 aliphatic carbocycles. The lowest BCUT2D eigenvalue weighted by molar-refractivity contribution is -0.0166. The van der Waals surface area contributed by atoms with Gasteiger partial charge in [-0.3, -0.25) is 4.90 Å². The molecule has 1 aromatic rings. The van der Waals surface area contributed by atoms with Crippen molar-refractivity contribution in [1.29, 1.82) is 0 Å². The molecule has 1 N–H and O–H groups in total. The van der Waals surface area contributed by atoms with Crippen molar-refractivity contribution in [2.75, 3.05) is 32.9 Å². The maximum atomic E-state index is 10.6. The molecule has 0 aromatic heterocycles. The Balaban J connectivity index is 1.74. The van der Waals surface area contributed by atoms with Crippen molar-refractivity contribution in [3.8, 4) is 5.75 Å². The molecule has 3 rings (SSSR count). The van der Waals surface area contributed by atoms with E-state index in [9.17, 15) is 5.11 Å². The molecule has 2 aliphatic rings. The third kappa shape index (κ3) is 2.82. The number of morpholine rings is 1. The van der Waals surface area contributed by atoms with Crippen LogP contribution >= 0.6 is 0 Å². The first-order chi connectivity index (χ1) is 9.75. The van der Waals surface area contributed by atoms with Crippen molar-refractivity contribution < 1.29 is 14.6 Å². The fourth-order valence-corrected chi connectivity index (χ4v) is 3.03. The van der Waals surface area contributed by atoms with Crippen molar-refractivity contribution in [3.05, 3.63) is 29.3 Å². The summed E-state index contributed by atoms with van der Waals surface area (Å²) in [5, 5.41) is 10.6. The SMILES string of the molecule is C[C@H]([C@H](O)c1ccc2c(c1)CCCO2)N1CCOCC1. The highest BCUT2D eigenvalue weighted by Crippen LogP contribution is 2.30. The van der Waals surface area contributed by atoms with E-state index >= 15 is 0 Å². The molecule has 110 valence electrons. The van der Waals surface area contributed by atoms with Crippen molar-refractivity contribution in [3.63, 3.8) is 0 Å². The lowest BCUT2D eigenvalue weighted by atomic mass is 9.97. The van der Waals surface area contributed by atoms with Crippen LogP contribution in [0.4, 0.5) is 0 Å². The van der Waals surface area contributed by atoms with Gasteiger partial charge in [-0.1, -0.05) is 6.07 Å². The summed E-state index contributed by atoms with van der Waals surface area (Å²) in [4.78, 5) is 2.30. The molecular weight excluding hydrogens is 254 g/mol. The molecule has 0 unspecified atom stereocenters. The molecule has 0 amide bonds. The Labute approximate surface area is 120 Å². The summed E-state index contributed by atoms with van der Waals surface area (Å²) >= 11 is 0. The van der Waals surface area contributed by atoms with Crippen LogP contribution in [-0.4, -0.2) is 49.0 Å². The van der Waals surface area contributed by atoms with Gasteiger partial charge in [0.05, 0.1) is 25.9 Å². The van der Waals surface area contributed by atoms with Gasteiger partial charge in [-0.05, 0) is 43.0 Å². The molecule has 4 heteroatoms. The summed E-state index contributed by atoms with van der Waals surface area (Å²) in [6.45, 7) is 6.20. The van der Waals surface area contributed by atoms with Gasteiger partial charge in [0.2, 0.25) is 0 Å². The smallest absolute Gasteiger partial charge is 0.122 e. The molecule has 1 saturated heterocycles. The molecule has 2 heterocycles. The predicted molar refractivity (Wildman–Crippen MR) is 77.1 cm³/mol. The summed E-state index contributed by atoms with van der Waals surface area (Å²) in [5.74, 6) is 0.978. The van der Waals surface area contributed by atoms with Crippen LogP contribution in [0.2, 0.25) is 0 Å². The second-order valence-electron chi connectivity index (χ2n) is 5.65. The van der Waals surface area contributed by atoms with Crippen molar-refractivity contribution in [2.45, 2.75) is 31.9 Å². The number of aliphatic hydroxyl groups is 1. The number of hydrogen-bond acceptors (Lipinski definition) is 4. The third-order valence-electron chi connectivity index (χ3n) is 4.35. The van der Waals surface area contributed by atoms with Gasteiger partial charge in [0.25, 0.3) is 0 Å². The van der Waals surface area contributed by atoms with Crippen LogP contribution in [0, 0.1) is 0 Å². The second-order valence-corrected chi connectivity index (χ2v) is 5.65. The van der Waals surface area contributed by atoms with Gasteiger partial charge >= 0.3 is 0 Å². The first kappa shape index (κ1) is 13.9. The summed E-state index contributed by atoms with van der Waals surface area (Å²) in [5.41, 5.74) is 2.22. The van der Waals surface area contributed by atoms with Crippen molar-refractivity contribution >= 4 is 0 Å². The first-order valence-corrected chi connectivity index (χ1v) is 7.51. The maximum Gasteiger partial charge on any atom is 0.122 e. The summed E-state index contributed by atoms with van der Waals surface area (Å²) < 4.78 is 11.0. The average Bonchev–Trinajstić information content (AvgIpc) is 2.54. The summed E-state index contributed by atoms with van der Waals surface area (Å²) in [6, 6.07) is 6.21. The summed E-state index contributed by atoms with van der Waals surface area (Å²) in [6.07, 6.45) is 1.65. The number of aryl methyl sites for hydroxylation is 1. The molecule has 4 nitrogen and oxygen atoms in total. The van der Waals surface area contributed by atoms with Crippen LogP contribution in [0.3, 0.4) is 0 Å². The van der Waals surface area contributed by atoms with E-state index in [-0.39, 0.29) is 6.04 Å². The molecule has 0 saturated carbocycles. The minimum absolute atomic E-state index is 0.112. The van der Waals surface area contributed by atoms with Gasteiger partial charge in [-0.2, -0.15) is 0 Å². The molecule has 1 fully saturated rings. The van der Waals surface area contributed by atoms with Gasteiger partial charge in [0, 0.05) is 19.1 Å². The molecule has 2 atom stereocenters. The van der Waals surface area contributed by atoms with E-state index < -0.39 is 6.10 Å². The Morgan fingerprint density at radius 3 is 2.80 bits per heavy atom. The predicted octanol–water partition coefficient (Wildman–Crippen LogP) is 1.77. The Morgan fingerprint density at radius 2 is 2.00 bits per heavy atom. The minimum atomic E-state index is -0.458. The minimum Gasteiger partial charge on any atom is -0.493 e. The standard InChI is InChI=1S/C16H23NO3/c1-12(17-6-9-19-10-7-17)16(18)14-4-5-15-13(11-14)3-2-8-20-15/h4-5,11-12,16,18H,2-3,6-10H2,1H3/t12-,16+/m1/s1. The fraction of sp³-hybridized carbons (Fsp3) is 0.625. The van der Waals surface area contributed by atoms with Gasteiger partial charge in [0.1, 0.15) is 5.75 Å². The first-order valence-electron chi connectivity index (χ1n) is 7.51. The van der Waals surface area contributed by atoms with Gasteiger partial charge in [0.15, 0.2) is 0 Å². The number of aliphatic hydroxyl groups excluding tert-OH is 1. The van der Waals surface area contributed by atoms with Crippen molar-refractivity contribution in [2.24, 2.45) is 0 Å². The molecule has 2 aliphatic heterocycles. The number of rotatable bonds is 3. The molecule has 0 bridgehead atoms. The highest BCUT2D eigenvalue weighted by atomic mass is 16.5. The zero-order chi connectivity index (χ0) is 13.9. The van der Waals surface area contributed by atoms with Crippen LogP contribution in [-0.2, 0) is 11.2 Å². The molecule has 1 aromatic carbocycles. The fourth-order valence-electron chi connectivity index (χ4n) is 3.03. The summed E-state index contributed by atoms with van der Waals surface area (Å²) in [7, 11) is 0. The van der Waals surface area contributed by atoms with Gasteiger partial charge in [-0.25, -0.2) is 0 Å². The highest BCUT2D eigenvalue weighted by molar-refractivity contribution is 5.39. The maximum absolute atomic E-state index is 10.6. The third-order valence-corrected chi connectivity index (χ3v) is 4.35. The van der Waals surface area contributed by atoms with E-state index in [4.69, 9.17) is 9.47 Å². The van der Waals surface area contributed by atoms with E-state index in [2.05, 4.69) is 17.9 Å². The molecule has 0 radical (unpaired) electrons. The zero-order valence-electron chi connectivity index (χ0n) is 12.0. The van der Waals surface area contributed by atoms with Crippen LogP contribution in [0.5, 0.6) is 5.75 Å². The Kier molecular flexibility index (Phi) is 4.24. The molecule has 0 spiro atoms. The Hall–Kier alpha value is -1.10. The Morgan fingerprint density at radius 1 is 1.20 bits per heavy atom. The number of ether oxygens (including phenoxy) is 2. The van der Waals surface area contributed by atoms with E-state index in [0.29, 0.717) is 0 Å². The van der Waals surface area contributed by atoms with Crippen LogP contribution in [0.1, 0.15) is 30.6 Å². The number of hydrogen-bond donors (Lipinski definition) is 1.